The third-order valence-electron chi connectivity index (χ3n) is 5.46. The second-order valence-corrected chi connectivity index (χ2v) is 8.44. The number of amides is 1. The number of hydrogen-bond donors (Lipinski definition) is 0. The predicted octanol–water partition coefficient (Wildman–Crippen LogP) is 2.31. The molecule has 1 fully saturated rings. The molecule has 0 aliphatic carbocycles. The Morgan fingerprint density at radius 2 is 1.91 bits per heavy atom. The smallest absolute Gasteiger partial charge is 0.338 e. The number of likely N-dealkylation sites (N-methyl/N-ethyl adjacent to an activating group) is 1. The van der Waals surface area contributed by atoms with Crippen LogP contribution in [0.15, 0.2) is 46.2 Å². The average molecular weight is 503 g/mol. The molecule has 1 saturated heterocycles. The van der Waals surface area contributed by atoms with E-state index in [2.05, 4.69) is 4.98 Å². The largest absolute Gasteiger partial charge is 0.346 e. The monoisotopic (exact) mass is 502 g/mol. The molecule has 0 N–H and O–H groups in total. The van der Waals surface area contributed by atoms with Crippen LogP contribution in [0.25, 0.3) is 16.8 Å². The number of aromatic nitrogens is 3. The van der Waals surface area contributed by atoms with Gasteiger partial charge in [0.05, 0.1) is 40.1 Å². The zero-order chi connectivity index (χ0) is 24.6. The molecule has 2 aromatic heterocycles. The second kappa shape index (κ2) is 9.29. The Morgan fingerprint density at radius 3 is 2.56 bits per heavy atom. The minimum absolute atomic E-state index is 0.0194. The number of benzene rings is 1. The van der Waals surface area contributed by atoms with Gasteiger partial charge in [-0.2, -0.15) is 5.26 Å². The van der Waals surface area contributed by atoms with Crippen LogP contribution in [0.2, 0.25) is 10.0 Å². The number of halogens is 3. The third kappa shape index (κ3) is 4.16. The minimum atomic E-state index is -0.811. The number of nitriles is 1. The Kier molecular flexibility index (Phi) is 6.41. The predicted molar refractivity (Wildman–Crippen MR) is 125 cm³/mol. The summed E-state index contributed by atoms with van der Waals surface area (Å²) in [5.74, 6) is -0.841. The molecule has 0 saturated carbocycles. The van der Waals surface area contributed by atoms with Gasteiger partial charge in [0.25, 0.3) is 5.56 Å². The number of anilines is 1. The number of hydrogen-bond acceptors (Lipinski definition) is 6. The van der Waals surface area contributed by atoms with Crippen molar-refractivity contribution in [3.05, 3.63) is 73.4 Å². The Bertz CT molecular complexity index is 1460. The van der Waals surface area contributed by atoms with Crippen molar-refractivity contribution in [3.63, 3.8) is 0 Å². The molecule has 3 heterocycles. The van der Waals surface area contributed by atoms with Crippen LogP contribution in [0.4, 0.5) is 10.2 Å². The van der Waals surface area contributed by atoms with Crippen molar-refractivity contribution in [2.24, 2.45) is 0 Å². The maximum Gasteiger partial charge on any atom is 0.338 e. The number of rotatable bonds is 4. The molecule has 1 aromatic carbocycles. The lowest BCUT2D eigenvalue weighted by Gasteiger charge is -2.35. The van der Waals surface area contributed by atoms with Crippen molar-refractivity contribution in [2.75, 3.05) is 31.6 Å². The molecule has 12 heteroatoms. The average Bonchev–Trinajstić information content (AvgIpc) is 2.79. The number of nitrogens with zero attached hydrogens (tertiary/aromatic N) is 6. The lowest BCUT2D eigenvalue weighted by Crippen LogP contribution is -2.52. The molecule has 4 rings (SSSR count). The van der Waals surface area contributed by atoms with Crippen molar-refractivity contribution in [1.82, 2.24) is 19.0 Å². The number of carbonyl (C=O) groups is 1. The van der Waals surface area contributed by atoms with Gasteiger partial charge < -0.3 is 9.80 Å². The fraction of sp³-hybridized carbons (Fsp3) is 0.227. The van der Waals surface area contributed by atoms with Gasteiger partial charge in [-0.1, -0.05) is 29.3 Å². The van der Waals surface area contributed by atoms with Gasteiger partial charge in [0.1, 0.15) is 18.2 Å². The summed E-state index contributed by atoms with van der Waals surface area (Å²) in [5.41, 5.74) is -1.28. The summed E-state index contributed by atoms with van der Waals surface area (Å²) in [6, 6.07) is 7.02. The Hall–Kier alpha value is -3.68. The normalized spacial score (nSPS) is 13.8. The highest BCUT2D eigenvalue weighted by Crippen LogP contribution is 2.31. The lowest BCUT2D eigenvalue weighted by molar-refractivity contribution is -0.129. The van der Waals surface area contributed by atoms with Gasteiger partial charge in [0.15, 0.2) is 0 Å². The molecular weight excluding hydrogens is 486 g/mol. The minimum Gasteiger partial charge on any atom is -0.346 e. The van der Waals surface area contributed by atoms with E-state index < -0.39 is 23.6 Å². The maximum absolute atomic E-state index is 13.9. The Morgan fingerprint density at radius 1 is 1.15 bits per heavy atom. The summed E-state index contributed by atoms with van der Waals surface area (Å²) in [6.07, 6.45) is 2.63. The first kappa shape index (κ1) is 23.5. The van der Waals surface area contributed by atoms with Crippen molar-refractivity contribution in [2.45, 2.75) is 6.54 Å². The summed E-state index contributed by atoms with van der Waals surface area (Å²) in [6.45, 7) is 0.109. The molecule has 9 nitrogen and oxygen atoms in total. The van der Waals surface area contributed by atoms with E-state index in [0.717, 1.165) is 15.2 Å². The van der Waals surface area contributed by atoms with Crippen LogP contribution in [0.5, 0.6) is 0 Å². The SMILES string of the molecule is CN1CCN(c2c(-c3ccc(F)c(Cl)c3)c(=O)n(-c3cncc(Cl)c3)c(=O)n2CC#N)CC1=O. The van der Waals surface area contributed by atoms with Crippen molar-refractivity contribution >= 4 is 34.9 Å². The van der Waals surface area contributed by atoms with Gasteiger partial charge in [-0.25, -0.2) is 13.8 Å². The topological polar surface area (TPSA) is 104 Å². The van der Waals surface area contributed by atoms with Gasteiger partial charge in [0, 0.05) is 26.3 Å². The van der Waals surface area contributed by atoms with E-state index in [1.165, 1.54) is 35.5 Å². The first-order valence-corrected chi connectivity index (χ1v) is 10.8. The zero-order valence-electron chi connectivity index (χ0n) is 17.8. The lowest BCUT2D eigenvalue weighted by atomic mass is 10.1. The molecule has 1 aliphatic rings. The van der Waals surface area contributed by atoms with E-state index in [1.54, 1.807) is 11.9 Å². The third-order valence-corrected chi connectivity index (χ3v) is 5.96. The second-order valence-electron chi connectivity index (χ2n) is 7.59. The van der Waals surface area contributed by atoms with Crippen LogP contribution in [0.3, 0.4) is 0 Å². The summed E-state index contributed by atoms with van der Waals surface area (Å²) < 4.78 is 15.9. The van der Waals surface area contributed by atoms with E-state index in [-0.39, 0.29) is 45.1 Å². The summed E-state index contributed by atoms with van der Waals surface area (Å²) in [5, 5.41) is 9.44. The molecule has 0 atom stereocenters. The van der Waals surface area contributed by atoms with Crippen LogP contribution in [-0.2, 0) is 11.3 Å². The van der Waals surface area contributed by atoms with E-state index in [1.807, 2.05) is 6.07 Å². The summed E-state index contributed by atoms with van der Waals surface area (Å²) in [4.78, 5) is 46.8. The Balaban J connectivity index is 2.11. The van der Waals surface area contributed by atoms with Gasteiger partial charge in [-0.05, 0) is 23.8 Å². The first-order valence-electron chi connectivity index (χ1n) is 10.0. The van der Waals surface area contributed by atoms with Gasteiger partial charge >= 0.3 is 5.69 Å². The molecule has 0 bridgehead atoms. The van der Waals surface area contributed by atoms with E-state index in [0.29, 0.717) is 13.1 Å². The standard InChI is InChI=1S/C22H17Cl2FN6O3/c1-28-6-7-29(12-18(28)32)20-19(13-2-3-17(25)16(24)8-13)21(33)31(22(34)30(20)5-4-26)15-9-14(23)10-27-11-15/h2-3,8-11H,5-7,12H2,1H3. The molecule has 3 aromatic rings. The van der Waals surface area contributed by atoms with Gasteiger partial charge in [-0.3, -0.25) is 19.1 Å². The van der Waals surface area contributed by atoms with Crippen LogP contribution in [0.1, 0.15) is 0 Å². The molecule has 34 heavy (non-hydrogen) atoms. The number of piperazine rings is 1. The molecule has 0 radical (unpaired) electrons. The van der Waals surface area contributed by atoms with Crippen LogP contribution in [0, 0.1) is 17.1 Å². The van der Waals surface area contributed by atoms with E-state index in [9.17, 15) is 24.0 Å². The highest BCUT2D eigenvalue weighted by molar-refractivity contribution is 6.31. The van der Waals surface area contributed by atoms with Crippen molar-refractivity contribution in [1.29, 1.82) is 5.26 Å². The zero-order valence-corrected chi connectivity index (χ0v) is 19.3. The number of pyridine rings is 1. The van der Waals surface area contributed by atoms with E-state index in [4.69, 9.17) is 23.2 Å². The molecular formula is C22H17Cl2FN6O3. The van der Waals surface area contributed by atoms with Crippen LogP contribution < -0.4 is 16.1 Å². The van der Waals surface area contributed by atoms with Crippen molar-refractivity contribution in [3.8, 4) is 22.9 Å². The first-order chi connectivity index (χ1) is 16.2. The molecule has 1 amide bonds. The summed E-state index contributed by atoms with van der Waals surface area (Å²) >= 11 is 12.0. The molecule has 174 valence electrons. The highest BCUT2D eigenvalue weighted by atomic mass is 35.5. The van der Waals surface area contributed by atoms with Crippen molar-refractivity contribution < 1.29 is 9.18 Å². The van der Waals surface area contributed by atoms with E-state index >= 15 is 0 Å². The summed E-state index contributed by atoms with van der Waals surface area (Å²) in [7, 11) is 1.65. The number of carbonyl (C=O) groups excluding carboxylic acids is 1. The molecule has 0 spiro atoms. The highest BCUT2D eigenvalue weighted by Gasteiger charge is 2.30. The van der Waals surface area contributed by atoms with Gasteiger partial charge in [-0.15, -0.1) is 0 Å². The maximum atomic E-state index is 13.9. The molecule has 1 aliphatic heterocycles. The Labute approximate surface area is 202 Å². The fourth-order valence-electron chi connectivity index (χ4n) is 3.78. The van der Waals surface area contributed by atoms with Crippen LogP contribution in [-0.4, -0.2) is 51.6 Å². The van der Waals surface area contributed by atoms with Gasteiger partial charge in [0.2, 0.25) is 5.91 Å². The van der Waals surface area contributed by atoms with Crippen LogP contribution >= 0.6 is 23.2 Å². The fourth-order valence-corrected chi connectivity index (χ4v) is 4.13. The molecule has 0 unspecified atom stereocenters. The quantitative estimate of drug-likeness (QED) is 0.542.